The standard InChI is InChI=1S/C12H18N4O2/c13-11-2-1-10(7-14-11)8-15-3-5-16(6-4-15)12(18)9-17/h1-2,7,17H,3-6,8-9H2,(H2,13,14). The molecule has 0 spiro atoms. The maximum Gasteiger partial charge on any atom is 0.248 e. The van der Waals surface area contributed by atoms with E-state index in [0.29, 0.717) is 18.9 Å². The largest absolute Gasteiger partial charge is 0.387 e. The molecule has 1 aliphatic heterocycles. The van der Waals surface area contributed by atoms with Crippen molar-refractivity contribution in [1.29, 1.82) is 0 Å². The highest BCUT2D eigenvalue weighted by molar-refractivity contribution is 5.77. The molecular formula is C12H18N4O2. The lowest BCUT2D eigenvalue weighted by Crippen LogP contribution is -2.49. The molecule has 1 amide bonds. The fourth-order valence-corrected chi connectivity index (χ4v) is 2.04. The molecule has 2 rings (SSSR count). The van der Waals surface area contributed by atoms with Crippen molar-refractivity contribution < 1.29 is 9.90 Å². The van der Waals surface area contributed by atoms with Crippen molar-refractivity contribution in [2.24, 2.45) is 0 Å². The molecule has 18 heavy (non-hydrogen) atoms. The van der Waals surface area contributed by atoms with Crippen LogP contribution < -0.4 is 5.73 Å². The summed E-state index contributed by atoms with van der Waals surface area (Å²) in [6.45, 7) is 3.38. The highest BCUT2D eigenvalue weighted by Gasteiger charge is 2.20. The van der Waals surface area contributed by atoms with Crippen molar-refractivity contribution in [3.63, 3.8) is 0 Å². The molecule has 98 valence electrons. The summed E-state index contributed by atoms with van der Waals surface area (Å²) in [7, 11) is 0. The van der Waals surface area contributed by atoms with Crippen LogP contribution in [0.4, 0.5) is 5.82 Å². The first-order valence-electron chi connectivity index (χ1n) is 6.00. The van der Waals surface area contributed by atoms with Gasteiger partial charge < -0.3 is 15.7 Å². The predicted molar refractivity (Wildman–Crippen MR) is 67.6 cm³/mol. The molecular weight excluding hydrogens is 232 g/mol. The first-order valence-corrected chi connectivity index (χ1v) is 6.00. The van der Waals surface area contributed by atoms with E-state index in [1.165, 1.54) is 0 Å². The van der Waals surface area contributed by atoms with E-state index in [4.69, 9.17) is 10.8 Å². The van der Waals surface area contributed by atoms with Gasteiger partial charge in [-0.1, -0.05) is 6.07 Å². The summed E-state index contributed by atoms with van der Waals surface area (Å²) in [5.41, 5.74) is 6.65. The average Bonchev–Trinajstić information content (AvgIpc) is 2.41. The fraction of sp³-hybridized carbons (Fsp3) is 0.500. The van der Waals surface area contributed by atoms with E-state index >= 15 is 0 Å². The van der Waals surface area contributed by atoms with Crippen molar-refractivity contribution in [3.8, 4) is 0 Å². The van der Waals surface area contributed by atoms with Gasteiger partial charge in [-0.25, -0.2) is 4.98 Å². The Kier molecular flexibility index (Phi) is 4.11. The van der Waals surface area contributed by atoms with Crippen molar-refractivity contribution >= 4 is 11.7 Å². The van der Waals surface area contributed by atoms with Gasteiger partial charge in [0.05, 0.1) is 0 Å². The topological polar surface area (TPSA) is 82.7 Å². The van der Waals surface area contributed by atoms with E-state index in [9.17, 15) is 4.79 Å². The molecule has 0 aromatic carbocycles. The third-order valence-electron chi connectivity index (χ3n) is 3.11. The minimum absolute atomic E-state index is 0.191. The molecule has 1 fully saturated rings. The van der Waals surface area contributed by atoms with Gasteiger partial charge >= 0.3 is 0 Å². The van der Waals surface area contributed by atoms with Crippen LogP contribution in [0.1, 0.15) is 5.56 Å². The van der Waals surface area contributed by atoms with Gasteiger partial charge in [-0.05, 0) is 11.6 Å². The van der Waals surface area contributed by atoms with Crippen LogP contribution in [0, 0.1) is 0 Å². The van der Waals surface area contributed by atoms with E-state index in [1.807, 2.05) is 6.07 Å². The number of rotatable bonds is 3. The molecule has 0 aliphatic carbocycles. The number of nitrogen functional groups attached to an aromatic ring is 1. The number of carbonyl (C=O) groups is 1. The van der Waals surface area contributed by atoms with Gasteiger partial charge in [0.1, 0.15) is 12.4 Å². The summed E-state index contributed by atoms with van der Waals surface area (Å²) < 4.78 is 0. The third-order valence-corrected chi connectivity index (χ3v) is 3.11. The SMILES string of the molecule is Nc1ccc(CN2CCN(C(=O)CO)CC2)cn1. The van der Waals surface area contributed by atoms with Gasteiger partial charge in [0, 0.05) is 38.9 Å². The Hall–Kier alpha value is -1.66. The number of amides is 1. The summed E-state index contributed by atoms with van der Waals surface area (Å²) in [6.07, 6.45) is 1.78. The maximum absolute atomic E-state index is 11.3. The van der Waals surface area contributed by atoms with Gasteiger partial charge in [0.2, 0.25) is 5.91 Å². The van der Waals surface area contributed by atoms with Gasteiger partial charge in [0.15, 0.2) is 0 Å². The van der Waals surface area contributed by atoms with Crippen LogP contribution in [-0.2, 0) is 11.3 Å². The number of aromatic nitrogens is 1. The van der Waals surface area contributed by atoms with Gasteiger partial charge in [-0.15, -0.1) is 0 Å². The van der Waals surface area contributed by atoms with Crippen LogP contribution in [0.25, 0.3) is 0 Å². The number of pyridine rings is 1. The Bertz CT molecular complexity index is 399. The normalized spacial score (nSPS) is 16.8. The third kappa shape index (κ3) is 3.18. The highest BCUT2D eigenvalue weighted by atomic mass is 16.3. The summed E-state index contributed by atoms with van der Waals surface area (Å²) >= 11 is 0. The first kappa shape index (κ1) is 12.8. The van der Waals surface area contributed by atoms with Gasteiger partial charge in [0.25, 0.3) is 0 Å². The second-order valence-corrected chi connectivity index (χ2v) is 4.41. The fourth-order valence-electron chi connectivity index (χ4n) is 2.04. The molecule has 1 aromatic rings. The van der Waals surface area contributed by atoms with Crippen LogP contribution >= 0.6 is 0 Å². The number of nitrogens with zero attached hydrogens (tertiary/aromatic N) is 3. The Morgan fingerprint density at radius 3 is 2.61 bits per heavy atom. The van der Waals surface area contributed by atoms with E-state index < -0.39 is 6.61 Å². The quantitative estimate of drug-likeness (QED) is 0.741. The van der Waals surface area contributed by atoms with Gasteiger partial charge in [-0.3, -0.25) is 9.69 Å². The number of hydrogen-bond donors (Lipinski definition) is 2. The molecule has 0 atom stereocenters. The lowest BCUT2D eigenvalue weighted by atomic mass is 10.2. The number of carbonyl (C=O) groups excluding carboxylic acids is 1. The molecule has 0 bridgehead atoms. The van der Waals surface area contributed by atoms with Gasteiger partial charge in [-0.2, -0.15) is 0 Å². The molecule has 0 unspecified atom stereocenters. The Balaban J connectivity index is 1.83. The van der Waals surface area contributed by atoms with Crippen LogP contribution in [0.2, 0.25) is 0 Å². The number of aliphatic hydroxyl groups excluding tert-OH is 1. The van der Waals surface area contributed by atoms with Crippen molar-refractivity contribution in [2.45, 2.75) is 6.54 Å². The molecule has 3 N–H and O–H groups in total. The second-order valence-electron chi connectivity index (χ2n) is 4.41. The molecule has 1 aromatic heterocycles. The molecule has 0 radical (unpaired) electrons. The maximum atomic E-state index is 11.3. The minimum atomic E-state index is -0.401. The lowest BCUT2D eigenvalue weighted by Gasteiger charge is -2.34. The molecule has 0 saturated carbocycles. The summed E-state index contributed by atoms with van der Waals surface area (Å²) in [5.74, 6) is 0.334. The number of piperazine rings is 1. The molecule has 6 nitrogen and oxygen atoms in total. The van der Waals surface area contributed by atoms with E-state index in [0.717, 1.165) is 25.2 Å². The molecule has 1 aliphatic rings. The van der Waals surface area contributed by atoms with Crippen molar-refractivity contribution in [1.82, 2.24) is 14.8 Å². The monoisotopic (exact) mass is 250 g/mol. The minimum Gasteiger partial charge on any atom is -0.387 e. The average molecular weight is 250 g/mol. The first-order chi connectivity index (χ1) is 8.69. The van der Waals surface area contributed by atoms with E-state index in [1.54, 1.807) is 17.2 Å². The molecule has 2 heterocycles. The van der Waals surface area contributed by atoms with Crippen LogP contribution in [0.5, 0.6) is 0 Å². The van der Waals surface area contributed by atoms with E-state index in [-0.39, 0.29) is 5.91 Å². The molecule has 6 heteroatoms. The molecule has 1 saturated heterocycles. The number of aliphatic hydroxyl groups is 1. The smallest absolute Gasteiger partial charge is 0.248 e. The lowest BCUT2D eigenvalue weighted by molar-refractivity contribution is -0.135. The zero-order valence-electron chi connectivity index (χ0n) is 10.2. The number of nitrogens with two attached hydrogens (primary N) is 1. The van der Waals surface area contributed by atoms with Crippen LogP contribution in [0.3, 0.4) is 0 Å². The summed E-state index contributed by atoms with van der Waals surface area (Å²) in [4.78, 5) is 19.3. The number of hydrogen-bond acceptors (Lipinski definition) is 5. The predicted octanol–water partition coefficient (Wildman–Crippen LogP) is -0.700. The summed E-state index contributed by atoms with van der Waals surface area (Å²) in [6, 6.07) is 3.76. The number of anilines is 1. The van der Waals surface area contributed by atoms with E-state index in [2.05, 4.69) is 9.88 Å². The summed E-state index contributed by atoms with van der Waals surface area (Å²) in [5, 5.41) is 8.79. The Morgan fingerprint density at radius 1 is 1.33 bits per heavy atom. The zero-order valence-corrected chi connectivity index (χ0v) is 10.2. The highest BCUT2D eigenvalue weighted by Crippen LogP contribution is 2.09. The Morgan fingerprint density at radius 2 is 2.06 bits per heavy atom. The van der Waals surface area contributed by atoms with Crippen molar-refractivity contribution in [2.75, 3.05) is 38.5 Å². The van der Waals surface area contributed by atoms with Crippen molar-refractivity contribution in [3.05, 3.63) is 23.9 Å². The Labute approximate surface area is 106 Å². The second kappa shape index (κ2) is 5.79. The zero-order chi connectivity index (χ0) is 13.0. The van der Waals surface area contributed by atoms with Crippen LogP contribution in [-0.4, -0.2) is 58.6 Å². The van der Waals surface area contributed by atoms with Crippen LogP contribution in [0.15, 0.2) is 18.3 Å².